The number of hydrogen-bond donors (Lipinski definition) is 3. The number of nitrogens with zero attached hydrogens (tertiary/aromatic N) is 5. The molecule has 0 radical (unpaired) electrons. The second-order valence-electron chi connectivity index (χ2n) is 7.08. The van der Waals surface area contributed by atoms with Crippen LogP contribution in [0.5, 0.6) is 0 Å². The smallest absolute Gasteiger partial charge is 0.267 e. The predicted octanol–water partition coefficient (Wildman–Crippen LogP) is 3.22. The number of anilines is 1. The van der Waals surface area contributed by atoms with Crippen molar-refractivity contribution in [3.8, 4) is 34.4 Å². The standard InChI is InChI=1S/C23H16N8O2S/c1-13(32)26-17-8-6-15(7-9-17)14-2-4-16(5-3-14)21-18(10-24)22(33)27-23(19(21)11-25)34-12-20-28-30-31-29-20/h2-9H,12H2,1H3,(H,26,32)(H,27,33)(H,28,29,30,31). The average Bonchev–Trinajstić information content (AvgIpc) is 3.36. The van der Waals surface area contributed by atoms with Crippen molar-refractivity contribution in [2.75, 3.05) is 5.32 Å². The number of thioether (sulfide) groups is 1. The molecule has 0 unspecified atom stereocenters. The molecule has 0 spiro atoms. The van der Waals surface area contributed by atoms with Gasteiger partial charge in [-0.2, -0.15) is 15.7 Å². The summed E-state index contributed by atoms with van der Waals surface area (Å²) in [5.74, 6) is 0.542. The molecular weight excluding hydrogens is 452 g/mol. The Morgan fingerprint density at radius 1 is 1.00 bits per heavy atom. The van der Waals surface area contributed by atoms with Crippen molar-refractivity contribution in [2.45, 2.75) is 17.7 Å². The molecule has 11 heteroatoms. The van der Waals surface area contributed by atoms with E-state index in [1.807, 2.05) is 30.3 Å². The zero-order valence-electron chi connectivity index (χ0n) is 17.8. The van der Waals surface area contributed by atoms with E-state index in [0.29, 0.717) is 22.1 Å². The predicted molar refractivity (Wildman–Crippen MR) is 125 cm³/mol. The molecule has 0 atom stereocenters. The van der Waals surface area contributed by atoms with Crippen LogP contribution in [0.25, 0.3) is 22.3 Å². The molecule has 0 aliphatic rings. The molecule has 0 fully saturated rings. The molecule has 0 bridgehead atoms. The second-order valence-corrected chi connectivity index (χ2v) is 8.07. The highest BCUT2D eigenvalue weighted by Crippen LogP contribution is 2.33. The lowest BCUT2D eigenvalue weighted by Gasteiger charge is -2.11. The fourth-order valence-electron chi connectivity index (χ4n) is 3.35. The first kappa shape index (κ1) is 22.5. The van der Waals surface area contributed by atoms with Crippen molar-refractivity contribution in [3.05, 3.63) is 75.8 Å². The molecular formula is C23H16N8O2S. The third-order valence-electron chi connectivity index (χ3n) is 4.85. The van der Waals surface area contributed by atoms with Crippen LogP contribution >= 0.6 is 11.8 Å². The molecule has 2 aromatic carbocycles. The Labute approximate surface area is 197 Å². The zero-order valence-corrected chi connectivity index (χ0v) is 18.6. The van der Waals surface area contributed by atoms with E-state index in [-0.39, 0.29) is 28.4 Å². The van der Waals surface area contributed by atoms with Crippen molar-refractivity contribution in [1.82, 2.24) is 25.6 Å². The van der Waals surface area contributed by atoms with Gasteiger partial charge >= 0.3 is 0 Å². The number of benzene rings is 2. The van der Waals surface area contributed by atoms with Crippen LogP contribution in [-0.4, -0.2) is 31.5 Å². The topological polar surface area (TPSA) is 164 Å². The summed E-state index contributed by atoms with van der Waals surface area (Å²) < 4.78 is 0. The van der Waals surface area contributed by atoms with Gasteiger partial charge in [-0.3, -0.25) is 9.59 Å². The maximum atomic E-state index is 12.6. The molecule has 166 valence electrons. The van der Waals surface area contributed by atoms with Crippen LogP contribution in [0.4, 0.5) is 5.69 Å². The zero-order chi connectivity index (χ0) is 24.1. The van der Waals surface area contributed by atoms with E-state index in [2.05, 4.69) is 37.0 Å². The SMILES string of the molecule is CC(=O)Nc1ccc(-c2ccc(-c3c(C#N)c(SCc4nn[nH]n4)[nH]c(=O)c3C#N)cc2)cc1. The van der Waals surface area contributed by atoms with Gasteiger partial charge < -0.3 is 10.3 Å². The fraction of sp³-hybridized carbons (Fsp3) is 0.0870. The lowest BCUT2D eigenvalue weighted by molar-refractivity contribution is -0.114. The number of rotatable bonds is 6. The highest BCUT2D eigenvalue weighted by molar-refractivity contribution is 7.98. The molecule has 2 aromatic heterocycles. The van der Waals surface area contributed by atoms with E-state index in [9.17, 15) is 20.1 Å². The normalized spacial score (nSPS) is 10.3. The average molecular weight is 469 g/mol. The molecule has 0 saturated carbocycles. The molecule has 0 aliphatic heterocycles. The quantitative estimate of drug-likeness (QED) is 0.363. The number of aromatic nitrogens is 5. The highest BCUT2D eigenvalue weighted by Gasteiger charge is 2.20. The summed E-state index contributed by atoms with van der Waals surface area (Å²) in [4.78, 5) is 26.4. The van der Waals surface area contributed by atoms with Crippen LogP contribution in [0.15, 0.2) is 58.4 Å². The summed E-state index contributed by atoms with van der Waals surface area (Å²) in [7, 11) is 0. The maximum absolute atomic E-state index is 12.6. The molecule has 1 amide bonds. The van der Waals surface area contributed by atoms with Gasteiger partial charge in [0, 0.05) is 18.2 Å². The van der Waals surface area contributed by atoms with Crippen molar-refractivity contribution in [2.24, 2.45) is 0 Å². The third-order valence-corrected chi connectivity index (χ3v) is 5.85. The summed E-state index contributed by atoms with van der Waals surface area (Å²) in [6.45, 7) is 1.45. The van der Waals surface area contributed by atoms with Crippen LogP contribution in [0.3, 0.4) is 0 Å². The van der Waals surface area contributed by atoms with Gasteiger partial charge in [-0.1, -0.05) is 53.4 Å². The van der Waals surface area contributed by atoms with Gasteiger partial charge in [-0.25, -0.2) is 0 Å². The number of aromatic amines is 2. The minimum atomic E-state index is -0.579. The highest BCUT2D eigenvalue weighted by atomic mass is 32.2. The number of H-pyrrole nitrogens is 2. The number of nitrogens with one attached hydrogen (secondary N) is 3. The van der Waals surface area contributed by atoms with E-state index in [4.69, 9.17) is 0 Å². The Morgan fingerprint density at radius 2 is 1.62 bits per heavy atom. The number of pyridine rings is 1. The summed E-state index contributed by atoms with van der Waals surface area (Å²) in [5, 5.41) is 36.1. The molecule has 0 saturated heterocycles. The van der Waals surface area contributed by atoms with Crippen LogP contribution in [0, 0.1) is 22.7 Å². The Bertz CT molecular complexity index is 1480. The molecule has 2 heterocycles. The number of carbonyl (C=O) groups is 1. The van der Waals surface area contributed by atoms with Gasteiger partial charge in [-0.15, -0.1) is 10.2 Å². The number of nitriles is 2. The van der Waals surface area contributed by atoms with E-state index in [0.717, 1.165) is 11.1 Å². The summed E-state index contributed by atoms with van der Waals surface area (Å²) in [6.07, 6.45) is 0. The van der Waals surface area contributed by atoms with Gasteiger partial charge in [0.2, 0.25) is 5.91 Å². The monoisotopic (exact) mass is 468 g/mol. The van der Waals surface area contributed by atoms with E-state index >= 15 is 0 Å². The molecule has 0 aliphatic carbocycles. The first-order valence-corrected chi connectivity index (χ1v) is 10.9. The van der Waals surface area contributed by atoms with Gasteiger partial charge in [0.05, 0.1) is 16.3 Å². The van der Waals surface area contributed by atoms with Crippen LogP contribution < -0.4 is 10.9 Å². The Hall–Kier alpha value is -4.74. The lowest BCUT2D eigenvalue weighted by atomic mass is 9.95. The molecule has 34 heavy (non-hydrogen) atoms. The Balaban J connectivity index is 1.70. The third kappa shape index (κ3) is 4.70. The molecule has 4 rings (SSSR count). The maximum Gasteiger partial charge on any atom is 0.267 e. The Morgan fingerprint density at radius 3 is 2.18 bits per heavy atom. The van der Waals surface area contributed by atoms with Gasteiger partial charge in [-0.05, 0) is 28.8 Å². The van der Waals surface area contributed by atoms with E-state index < -0.39 is 5.56 Å². The molecule has 10 nitrogen and oxygen atoms in total. The lowest BCUT2D eigenvalue weighted by Crippen LogP contribution is -2.15. The van der Waals surface area contributed by atoms with Gasteiger partial charge in [0.15, 0.2) is 5.82 Å². The molecule has 3 N–H and O–H groups in total. The summed E-state index contributed by atoms with van der Waals surface area (Å²) >= 11 is 1.17. The minimum absolute atomic E-state index is 0.132. The number of amides is 1. The Kier molecular flexibility index (Phi) is 6.48. The summed E-state index contributed by atoms with van der Waals surface area (Å²) in [5.41, 5.74) is 2.83. The van der Waals surface area contributed by atoms with E-state index in [1.165, 1.54) is 18.7 Å². The largest absolute Gasteiger partial charge is 0.326 e. The van der Waals surface area contributed by atoms with Crippen LogP contribution in [0.2, 0.25) is 0 Å². The van der Waals surface area contributed by atoms with Crippen LogP contribution in [-0.2, 0) is 10.5 Å². The first-order chi connectivity index (χ1) is 16.5. The van der Waals surface area contributed by atoms with Gasteiger partial charge in [0.1, 0.15) is 17.7 Å². The first-order valence-electron chi connectivity index (χ1n) is 9.94. The fourth-order valence-corrected chi connectivity index (χ4v) is 4.20. The van der Waals surface area contributed by atoms with Crippen molar-refractivity contribution >= 4 is 23.4 Å². The molecule has 4 aromatic rings. The number of carbonyl (C=O) groups excluding carboxylic acids is 1. The van der Waals surface area contributed by atoms with Gasteiger partial charge in [0.25, 0.3) is 5.56 Å². The summed E-state index contributed by atoms with van der Waals surface area (Å²) in [6, 6.07) is 18.6. The second kappa shape index (κ2) is 9.81. The van der Waals surface area contributed by atoms with E-state index in [1.54, 1.807) is 24.3 Å². The minimum Gasteiger partial charge on any atom is -0.326 e. The van der Waals surface area contributed by atoms with Crippen molar-refractivity contribution in [1.29, 1.82) is 10.5 Å². The number of tetrazole rings is 1. The number of hydrogen-bond acceptors (Lipinski definition) is 8. The van der Waals surface area contributed by atoms with Crippen molar-refractivity contribution < 1.29 is 4.79 Å². The van der Waals surface area contributed by atoms with Crippen molar-refractivity contribution in [3.63, 3.8) is 0 Å². The van der Waals surface area contributed by atoms with Crippen LogP contribution in [0.1, 0.15) is 23.9 Å².